The highest BCUT2D eigenvalue weighted by Gasteiger charge is 2.06. The van der Waals surface area contributed by atoms with E-state index in [1.807, 2.05) is 6.07 Å². The Kier molecular flexibility index (Phi) is 3.40. The Bertz CT molecular complexity index is 641. The molecule has 0 atom stereocenters. The van der Waals surface area contributed by atoms with Gasteiger partial charge in [-0.1, -0.05) is 6.58 Å². The van der Waals surface area contributed by atoms with Gasteiger partial charge < -0.3 is 4.57 Å². The Morgan fingerprint density at radius 2 is 1.89 bits per heavy atom. The fourth-order valence-electron chi connectivity index (χ4n) is 1.71. The first-order valence-electron chi connectivity index (χ1n) is 5.31. The maximum atomic E-state index is 12.9. The predicted molar refractivity (Wildman–Crippen MR) is 69.2 cm³/mol. The zero-order valence-electron chi connectivity index (χ0n) is 9.56. The molecule has 0 N–H and O–H groups in total. The number of nitrogens with zero attached hydrogens (tertiary/aromatic N) is 1. The first-order chi connectivity index (χ1) is 8.76. The molecule has 0 aliphatic heterocycles. The quantitative estimate of drug-likeness (QED) is 0.583. The van der Waals surface area contributed by atoms with Crippen molar-refractivity contribution in [2.45, 2.75) is 0 Å². The Morgan fingerprint density at radius 1 is 1.17 bits per heavy atom. The summed E-state index contributed by atoms with van der Waals surface area (Å²) in [5.74, 6) is 4.79. The van der Waals surface area contributed by atoms with Crippen LogP contribution in [0.5, 0.6) is 0 Å². The average Bonchev–Trinajstić information content (AvgIpc) is 2.80. The van der Waals surface area contributed by atoms with Gasteiger partial charge >= 0.3 is 0 Å². The van der Waals surface area contributed by atoms with Gasteiger partial charge in [-0.05, 0) is 53.8 Å². The smallest absolute Gasteiger partial charge is 0.193 e. The van der Waals surface area contributed by atoms with E-state index >= 15 is 0 Å². The van der Waals surface area contributed by atoms with E-state index in [1.165, 1.54) is 12.1 Å². The van der Waals surface area contributed by atoms with Gasteiger partial charge in [-0.2, -0.15) is 0 Å². The average molecular weight is 239 g/mol. The van der Waals surface area contributed by atoms with Crippen molar-refractivity contribution in [3.63, 3.8) is 0 Å². The van der Waals surface area contributed by atoms with E-state index in [1.54, 1.807) is 29.0 Å². The summed E-state index contributed by atoms with van der Waals surface area (Å²) >= 11 is 0. The minimum absolute atomic E-state index is 0.281. The molecule has 0 bridgehead atoms. The van der Waals surface area contributed by atoms with Crippen molar-refractivity contribution >= 4 is 12.5 Å². The van der Waals surface area contributed by atoms with Crippen LogP contribution in [0, 0.1) is 17.7 Å². The van der Waals surface area contributed by atoms with Crippen LogP contribution in [-0.2, 0) is 4.79 Å². The van der Waals surface area contributed by atoms with Crippen molar-refractivity contribution < 1.29 is 9.18 Å². The molecule has 0 amide bonds. The van der Waals surface area contributed by atoms with E-state index in [9.17, 15) is 9.18 Å². The van der Waals surface area contributed by atoms with E-state index in [2.05, 4.69) is 18.4 Å². The number of hydrogen-bond donors (Lipinski definition) is 0. The van der Waals surface area contributed by atoms with Gasteiger partial charge in [0.2, 0.25) is 0 Å². The fraction of sp³-hybridized carbons (Fsp3) is 0. The summed E-state index contributed by atoms with van der Waals surface area (Å²) in [5, 5.41) is 0. The lowest BCUT2D eigenvalue weighted by Gasteiger charge is -2.05. The lowest BCUT2D eigenvalue weighted by atomic mass is 10.1. The molecule has 0 fully saturated rings. The molecule has 2 nitrogen and oxygen atoms in total. The monoisotopic (exact) mass is 239 g/mol. The number of halogens is 1. The molecule has 0 spiro atoms. The van der Waals surface area contributed by atoms with Crippen LogP contribution in [0.3, 0.4) is 0 Å². The van der Waals surface area contributed by atoms with Crippen molar-refractivity contribution in [3.8, 4) is 23.1 Å². The van der Waals surface area contributed by atoms with Crippen molar-refractivity contribution in [1.29, 1.82) is 0 Å². The molecule has 88 valence electrons. The Labute approximate surface area is 104 Å². The molecule has 0 saturated carbocycles. The van der Waals surface area contributed by atoms with E-state index in [0.29, 0.717) is 12.0 Å². The number of carbonyl (C=O) groups excluding carboxylic acids is 1. The van der Waals surface area contributed by atoms with Crippen LogP contribution >= 0.6 is 0 Å². The minimum Gasteiger partial charge on any atom is -0.310 e. The first kappa shape index (κ1) is 11.9. The number of rotatable bonds is 2. The predicted octanol–water partition coefficient (Wildman–Crippen LogP) is 2.95. The first-order valence-corrected chi connectivity index (χ1v) is 5.31. The van der Waals surface area contributed by atoms with Gasteiger partial charge in [0.1, 0.15) is 5.82 Å². The van der Waals surface area contributed by atoms with Gasteiger partial charge in [0.15, 0.2) is 6.29 Å². The second kappa shape index (κ2) is 5.15. The number of aldehydes is 1. The topological polar surface area (TPSA) is 22.0 Å². The van der Waals surface area contributed by atoms with E-state index in [4.69, 9.17) is 0 Å². The molecule has 2 aromatic rings. The number of carbonyl (C=O) groups is 1. The van der Waals surface area contributed by atoms with Crippen molar-refractivity contribution in [3.05, 3.63) is 54.5 Å². The van der Waals surface area contributed by atoms with Gasteiger partial charge in [-0.25, -0.2) is 4.39 Å². The van der Waals surface area contributed by atoms with Crippen LogP contribution in [0.1, 0.15) is 5.69 Å². The minimum atomic E-state index is -0.281. The second-order valence-electron chi connectivity index (χ2n) is 3.55. The summed E-state index contributed by atoms with van der Waals surface area (Å²) in [6.07, 6.45) is 2.14. The summed E-state index contributed by atoms with van der Waals surface area (Å²) in [6, 6.07) is 9.79. The van der Waals surface area contributed by atoms with Crippen molar-refractivity contribution in [2.24, 2.45) is 0 Å². The molecule has 1 heterocycles. The molecule has 0 aliphatic carbocycles. The molecular weight excluding hydrogens is 229 g/mol. The van der Waals surface area contributed by atoms with E-state index in [0.717, 1.165) is 11.3 Å². The maximum Gasteiger partial charge on any atom is 0.193 e. The molecule has 2 rings (SSSR count). The third-order valence-corrected chi connectivity index (χ3v) is 2.50. The molecular formula is C15H10FNO. The summed E-state index contributed by atoms with van der Waals surface area (Å²) in [4.78, 5) is 10.2. The van der Waals surface area contributed by atoms with Gasteiger partial charge in [0.05, 0.1) is 11.4 Å². The lowest BCUT2D eigenvalue weighted by molar-refractivity contribution is -0.103. The van der Waals surface area contributed by atoms with Crippen LogP contribution in [-0.4, -0.2) is 10.9 Å². The SMILES string of the molecule is C=Cn1c(C#CC=O)ccc1-c1ccc(F)cc1. The van der Waals surface area contributed by atoms with Gasteiger partial charge in [0, 0.05) is 6.20 Å². The van der Waals surface area contributed by atoms with Crippen LogP contribution in [0.15, 0.2) is 43.0 Å². The zero-order valence-corrected chi connectivity index (χ0v) is 9.56. The lowest BCUT2D eigenvalue weighted by Crippen LogP contribution is -1.93. The molecule has 0 saturated heterocycles. The zero-order chi connectivity index (χ0) is 13.0. The van der Waals surface area contributed by atoms with E-state index < -0.39 is 0 Å². The highest BCUT2D eigenvalue weighted by molar-refractivity contribution is 5.74. The standard InChI is InChI=1S/C15H10FNO/c1-2-17-14(4-3-11-18)9-10-15(17)12-5-7-13(16)8-6-12/h2,5-11H,1H2. The maximum absolute atomic E-state index is 12.9. The molecule has 3 heteroatoms. The Hall–Kier alpha value is -2.60. The van der Waals surface area contributed by atoms with Crippen molar-refractivity contribution in [1.82, 2.24) is 4.57 Å². The summed E-state index contributed by atoms with van der Waals surface area (Å²) in [7, 11) is 0. The Balaban J connectivity index is 2.51. The number of aromatic nitrogens is 1. The highest BCUT2D eigenvalue weighted by Crippen LogP contribution is 2.22. The normalized spacial score (nSPS) is 9.39. The molecule has 1 aromatic heterocycles. The third-order valence-electron chi connectivity index (χ3n) is 2.50. The van der Waals surface area contributed by atoms with Crippen LogP contribution in [0.25, 0.3) is 17.5 Å². The molecule has 0 aliphatic rings. The molecule has 0 radical (unpaired) electrons. The van der Waals surface area contributed by atoms with Gasteiger partial charge in [-0.3, -0.25) is 4.79 Å². The number of benzene rings is 1. The van der Waals surface area contributed by atoms with Gasteiger partial charge in [0.25, 0.3) is 0 Å². The second-order valence-corrected chi connectivity index (χ2v) is 3.55. The summed E-state index contributed by atoms with van der Waals surface area (Å²) < 4.78 is 14.6. The largest absolute Gasteiger partial charge is 0.310 e. The number of hydrogen-bond acceptors (Lipinski definition) is 1. The van der Waals surface area contributed by atoms with Crippen LogP contribution in [0.2, 0.25) is 0 Å². The molecule has 18 heavy (non-hydrogen) atoms. The fourth-order valence-corrected chi connectivity index (χ4v) is 1.71. The van der Waals surface area contributed by atoms with Crippen LogP contribution < -0.4 is 0 Å². The molecule has 0 unspecified atom stereocenters. The summed E-state index contributed by atoms with van der Waals surface area (Å²) in [5.41, 5.74) is 2.37. The van der Waals surface area contributed by atoms with Gasteiger partial charge in [-0.15, -0.1) is 0 Å². The summed E-state index contributed by atoms with van der Waals surface area (Å²) in [6.45, 7) is 3.71. The molecule has 1 aromatic carbocycles. The van der Waals surface area contributed by atoms with Crippen LogP contribution in [0.4, 0.5) is 4.39 Å². The van der Waals surface area contributed by atoms with E-state index in [-0.39, 0.29) is 5.82 Å². The Morgan fingerprint density at radius 3 is 2.50 bits per heavy atom. The highest BCUT2D eigenvalue weighted by atomic mass is 19.1. The van der Waals surface area contributed by atoms with Crippen molar-refractivity contribution in [2.75, 3.05) is 0 Å². The third kappa shape index (κ3) is 2.23.